The number of imide groups is 1. The lowest BCUT2D eigenvalue weighted by atomic mass is 10.3. The molecule has 8 heteroatoms. The Morgan fingerprint density at radius 3 is 2.45 bits per heavy atom. The van der Waals surface area contributed by atoms with Crippen molar-refractivity contribution < 1.29 is 19.1 Å². The molecule has 0 heterocycles. The lowest BCUT2D eigenvalue weighted by Crippen LogP contribution is -2.41. The van der Waals surface area contributed by atoms with Gasteiger partial charge in [-0.1, -0.05) is 23.7 Å². The summed E-state index contributed by atoms with van der Waals surface area (Å²) in [6.07, 6.45) is -0.804. The van der Waals surface area contributed by atoms with Gasteiger partial charge in [0.2, 0.25) is 11.8 Å². The van der Waals surface area contributed by atoms with Crippen LogP contribution in [0.1, 0.15) is 6.92 Å². The summed E-state index contributed by atoms with van der Waals surface area (Å²) in [5.74, 6) is -0.869. The van der Waals surface area contributed by atoms with Crippen molar-refractivity contribution in [3.63, 3.8) is 0 Å². The van der Waals surface area contributed by atoms with E-state index in [4.69, 9.17) is 11.6 Å². The standard InChI is InChI=1S/C14H18ClN3O4/c1-3-22-14(21)17-13(20)9-18(2)8-12(19)16-11-7-5-4-6-10(11)15/h4-7H,3,8-9H2,1-2H3,(H,16,19)(H,17,20,21). The number of halogens is 1. The molecule has 120 valence electrons. The van der Waals surface area contributed by atoms with Crippen molar-refractivity contribution >= 4 is 35.2 Å². The van der Waals surface area contributed by atoms with Gasteiger partial charge >= 0.3 is 6.09 Å². The van der Waals surface area contributed by atoms with Gasteiger partial charge in [0.15, 0.2) is 0 Å². The Morgan fingerprint density at radius 2 is 1.82 bits per heavy atom. The second-order valence-electron chi connectivity index (χ2n) is 4.47. The molecule has 0 aliphatic rings. The quantitative estimate of drug-likeness (QED) is 0.826. The maximum absolute atomic E-state index is 11.8. The molecule has 0 atom stereocenters. The lowest BCUT2D eigenvalue weighted by molar-refractivity contribution is -0.122. The van der Waals surface area contributed by atoms with Gasteiger partial charge in [0.1, 0.15) is 0 Å². The number of hydrogen-bond acceptors (Lipinski definition) is 5. The second kappa shape index (κ2) is 9.01. The molecule has 0 saturated heterocycles. The number of ether oxygens (including phenoxy) is 1. The first kappa shape index (κ1) is 17.9. The highest BCUT2D eigenvalue weighted by Gasteiger charge is 2.14. The summed E-state index contributed by atoms with van der Waals surface area (Å²) in [5.41, 5.74) is 0.499. The van der Waals surface area contributed by atoms with Crippen molar-refractivity contribution in [3.05, 3.63) is 29.3 Å². The first-order valence-electron chi connectivity index (χ1n) is 6.62. The Balaban J connectivity index is 2.39. The zero-order valence-corrected chi connectivity index (χ0v) is 13.1. The van der Waals surface area contributed by atoms with Crippen molar-refractivity contribution in [2.75, 3.05) is 32.1 Å². The average Bonchev–Trinajstić information content (AvgIpc) is 2.40. The van der Waals surface area contributed by atoms with Crippen LogP contribution in [0.4, 0.5) is 10.5 Å². The number of nitrogens with one attached hydrogen (secondary N) is 2. The highest BCUT2D eigenvalue weighted by atomic mass is 35.5. The monoisotopic (exact) mass is 327 g/mol. The van der Waals surface area contributed by atoms with Crippen LogP contribution in [0.2, 0.25) is 5.02 Å². The number of benzene rings is 1. The maximum Gasteiger partial charge on any atom is 0.413 e. The van der Waals surface area contributed by atoms with Gasteiger partial charge in [-0.05, 0) is 26.1 Å². The van der Waals surface area contributed by atoms with Gasteiger partial charge < -0.3 is 10.1 Å². The van der Waals surface area contributed by atoms with Crippen molar-refractivity contribution in [3.8, 4) is 0 Å². The zero-order valence-electron chi connectivity index (χ0n) is 12.4. The Labute approximate surface area is 133 Å². The second-order valence-corrected chi connectivity index (χ2v) is 4.88. The normalized spacial score (nSPS) is 10.2. The molecule has 1 aromatic carbocycles. The summed E-state index contributed by atoms with van der Waals surface area (Å²) in [7, 11) is 1.58. The summed E-state index contributed by atoms with van der Waals surface area (Å²) in [4.78, 5) is 35.9. The third-order valence-corrected chi connectivity index (χ3v) is 2.82. The minimum atomic E-state index is -0.804. The highest BCUT2D eigenvalue weighted by Crippen LogP contribution is 2.20. The van der Waals surface area contributed by atoms with E-state index in [1.165, 1.54) is 4.90 Å². The number of hydrogen-bond donors (Lipinski definition) is 2. The minimum Gasteiger partial charge on any atom is -0.450 e. The maximum atomic E-state index is 11.8. The Bertz CT molecular complexity index is 551. The number of anilines is 1. The summed E-state index contributed by atoms with van der Waals surface area (Å²) in [6, 6.07) is 6.84. The fraction of sp³-hybridized carbons (Fsp3) is 0.357. The van der Waals surface area contributed by atoms with Crippen LogP contribution in [-0.4, -0.2) is 49.6 Å². The SMILES string of the molecule is CCOC(=O)NC(=O)CN(C)CC(=O)Nc1ccccc1Cl. The molecule has 0 unspecified atom stereocenters. The molecular formula is C14H18ClN3O4. The van der Waals surface area contributed by atoms with Gasteiger partial charge in [-0.2, -0.15) is 0 Å². The third kappa shape index (κ3) is 6.55. The summed E-state index contributed by atoms with van der Waals surface area (Å²) in [5, 5.41) is 5.12. The predicted octanol–water partition coefficient (Wildman–Crippen LogP) is 1.48. The van der Waals surface area contributed by atoms with Crippen molar-refractivity contribution in [2.24, 2.45) is 0 Å². The van der Waals surface area contributed by atoms with E-state index in [0.717, 1.165) is 0 Å². The molecule has 3 amide bonds. The van der Waals surface area contributed by atoms with E-state index >= 15 is 0 Å². The first-order valence-corrected chi connectivity index (χ1v) is 6.99. The molecule has 7 nitrogen and oxygen atoms in total. The first-order chi connectivity index (χ1) is 10.4. The summed E-state index contributed by atoms with van der Waals surface area (Å²) in [6.45, 7) is 1.67. The fourth-order valence-corrected chi connectivity index (χ4v) is 1.80. The van der Waals surface area contributed by atoms with Gasteiger partial charge in [0.25, 0.3) is 0 Å². The molecule has 0 spiro atoms. The molecule has 2 N–H and O–H groups in total. The van der Waals surface area contributed by atoms with Crippen LogP contribution in [0.5, 0.6) is 0 Å². The molecule has 0 aliphatic heterocycles. The third-order valence-electron chi connectivity index (χ3n) is 2.49. The number of carbonyl (C=O) groups excluding carboxylic acids is 3. The van der Waals surface area contributed by atoms with Crippen LogP contribution in [0.15, 0.2) is 24.3 Å². The molecule has 1 rings (SSSR count). The molecule has 0 aliphatic carbocycles. The van der Waals surface area contributed by atoms with Gasteiger partial charge in [-0.15, -0.1) is 0 Å². The molecule has 0 radical (unpaired) electrons. The largest absolute Gasteiger partial charge is 0.450 e. The number of nitrogens with zero attached hydrogens (tertiary/aromatic N) is 1. The van der Waals surface area contributed by atoms with Crippen LogP contribution in [0.25, 0.3) is 0 Å². The topological polar surface area (TPSA) is 87.7 Å². The molecule has 0 aromatic heterocycles. The Morgan fingerprint density at radius 1 is 1.18 bits per heavy atom. The Kier molecular flexibility index (Phi) is 7.34. The molecule has 0 fully saturated rings. The summed E-state index contributed by atoms with van der Waals surface area (Å²) >= 11 is 5.93. The smallest absolute Gasteiger partial charge is 0.413 e. The number of likely N-dealkylation sites (N-methyl/N-ethyl adjacent to an activating group) is 1. The van der Waals surface area contributed by atoms with Crippen LogP contribution in [0.3, 0.4) is 0 Å². The zero-order chi connectivity index (χ0) is 16.5. The molecule has 0 saturated carbocycles. The van der Waals surface area contributed by atoms with Crippen molar-refractivity contribution in [1.29, 1.82) is 0 Å². The van der Waals surface area contributed by atoms with E-state index in [1.807, 2.05) is 5.32 Å². The molecule has 0 bridgehead atoms. The van der Waals surface area contributed by atoms with E-state index in [0.29, 0.717) is 10.7 Å². The number of para-hydroxylation sites is 1. The number of alkyl carbamates (subject to hydrolysis) is 1. The highest BCUT2D eigenvalue weighted by molar-refractivity contribution is 6.33. The van der Waals surface area contributed by atoms with E-state index in [2.05, 4.69) is 10.1 Å². The van der Waals surface area contributed by atoms with E-state index in [-0.39, 0.29) is 25.6 Å². The number of rotatable bonds is 6. The van der Waals surface area contributed by atoms with E-state index in [9.17, 15) is 14.4 Å². The lowest BCUT2D eigenvalue weighted by Gasteiger charge is -2.15. The number of amides is 3. The minimum absolute atomic E-state index is 0.0263. The molecular weight excluding hydrogens is 310 g/mol. The number of carbonyl (C=O) groups is 3. The average molecular weight is 328 g/mol. The van der Waals surface area contributed by atoms with E-state index < -0.39 is 12.0 Å². The van der Waals surface area contributed by atoms with Crippen LogP contribution >= 0.6 is 11.6 Å². The van der Waals surface area contributed by atoms with Crippen LogP contribution in [0, 0.1) is 0 Å². The predicted molar refractivity (Wildman–Crippen MR) is 82.7 cm³/mol. The van der Waals surface area contributed by atoms with Gasteiger partial charge in [-0.25, -0.2) is 4.79 Å². The van der Waals surface area contributed by atoms with Gasteiger partial charge in [-0.3, -0.25) is 19.8 Å². The van der Waals surface area contributed by atoms with Gasteiger partial charge in [0.05, 0.1) is 30.4 Å². The van der Waals surface area contributed by atoms with Gasteiger partial charge in [0, 0.05) is 0 Å². The van der Waals surface area contributed by atoms with Crippen molar-refractivity contribution in [1.82, 2.24) is 10.2 Å². The molecule has 22 heavy (non-hydrogen) atoms. The van der Waals surface area contributed by atoms with Crippen LogP contribution in [-0.2, 0) is 14.3 Å². The van der Waals surface area contributed by atoms with E-state index in [1.54, 1.807) is 38.2 Å². The summed E-state index contributed by atoms with van der Waals surface area (Å²) < 4.78 is 4.58. The fourth-order valence-electron chi connectivity index (χ4n) is 1.62. The van der Waals surface area contributed by atoms with Crippen LogP contribution < -0.4 is 10.6 Å². The van der Waals surface area contributed by atoms with Crippen molar-refractivity contribution in [2.45, 2.75) is 6.92 Å². The molecule has 1 aromatic rings. The Hall–Kier alpha value is -2.12.